The predicted octanol–water partition coefficient (Wildman–Crippen LogP) is 2.04. The highest BCUT2D eigenvalue weighted by Crippen LogP contribution is 2.19. The lowest BCUT2D eigenvalue weighted by atomic mass is 9.96. The second-order valence-corrected chi connectivity index (χ2v) is 5.80. The number of nitrogens with zero attached hydrogens (tertiary/aromatic N) is 1. The first kappa shape index (κ1) is 16.6. The van der Waals surface area contributed by atoms with Crippen molar-refractivity contribution in [2.45, 2.75) is 32.8 Å². The summed E-state index contributed by atoms with van der Waals surface area (Å²) in [7, 11) is 0. The minimum atomic E-state index is -0.418. The molecule has 0 aliphatic carbocycles. The normalized spacial score (nSPS) is 21.5. The van der Waals surface area contributed by atoms with E-state index in [0.717, 1.165) is 24.2 Å². The smallest absolute Gasteiger partial charge is 0.317 e. The SMILES string of the molecule is CCOc1ccccc1CCNC(=O)N1CCC(C)C(O)C1. The number of nitrogens with one attached hydrogen (secondary N) is 1. The molecule has 22 heavy (non-hydrogen) atoms. The van der Waals surface area contributed by atoms with Crippen molar-refractivity contribution in [1.82, 2.24) is 10.2 Å². The van der Waals surface area contributed by atoms with Crippen LogP contribution in [-0.4, -0.2) is 48.4 Å². The van der Waals surface area contributed by atoms with E-state index in [0.29, 0.717) is 26.2 Å². The molecular formula is C17H26N2O3. The number of ether oxygens (including phenoxy) is 1. The molecule has 0 aromatic heterocycles. The zero-order valence-electron chi connectivity index (χ0n) is 13.4. The first-order valence-electron chi connectivity index (χ1n) is 8.03. The molecule has 1 heterocycles. The average molecular weight is 306 g/mol. The number of β-amino-alcohol motifs (C(OH)–C–C–N with tert-alkyl or cyclic N) is 1. The van der Waals surface area contributed by atoms with E-state index in [1.807, 2.05) is 38.1 Å². The molecule has 0 spiro atoms. The number of rotatable bonds is 5. The van der Waals surface area contributed by atoms with Crippen LogP contribution in [0.1, 0.15) is 25.8 Å². The predicted molar refractivity (Wildman–Crippen MR) is 86.1 cm³/mol. The third-order valence-corrected chi connectivity index (χ3v) is 4.15. The van der Waals surface area contributed by atoms with E-state index in [2.05, 4.69) is 5.32 Å². The topological polar surface area (TPSA) is 61.8 Å². The third kappa shape index (κ3) is 4.37. The summed E-state index contributed by atoms with van der Waals surface area (Å²) in [6.45, 7) is 6.30. The van der Waals surface area contributed by atoms with Gasteiger partial charge in [-0.1, -0.05) is 25.1 Å². The fraction of sp³-hybridized carbons (Fsp3) is 0.588. The molecule has 122 valence electrons. The average Bonchev–Trinajstić information content (AvgIpc) is 2.52. The van der Waals surface area contributed by atoms with Crippen LogP contribution in [0.3, 0.4) is 0 Å². The van der Waals surface area contributed by atoms with Crippen LogP contribution in [0.25, 0.3) is 0 Å². The number of benzene rings is 1. The van der Waals surface area contributed by atoms with E-state index in [4.69, 9.17) is 4.74 Å². The Kier molecular flexibility index (Phi) is 6.07. The number of carbonyl (C=O) groups is 1. The van der Waals surface area contributed by atoms with Gasteiger partial charge in [0.15, 0.2) is 0 Å². The lowest BCUT2D eigenvalue weighted by Crippen LogP contribution is -2.49. The van der Waals surface area contributed by atoms with Crippen molar-refractivity contribution in [3.63, 3.8) is 0 Å². The van der Waals surface area contributed by atoms with Crippen LogP contribution in [0.2, 0.25) is 0 Å². The summed E-state index contributed by atoms with van der Waals surface area (Å²) in [5.41, 5.74) is 1.09. The Morgan fingerprint density at radius 3 is 2.95 bits per heavy atom. The Labute approximate surface area is 132 Å². The second-order valence-electron chi connectivity index (χ2n) is 5.80. The fourth-order valence-electron chi connectivity index (χ4n) is 2.66. The molecule has 2 N–H and O–H groups in total. The van der Waals surface area contributed by atoms with Gasteiger partial charge in [-0.25, -0.2) is 4.79 Å². The van der Waals surface area contributed by atoms with Crippen molar-refractivity contribution in [1.29, 1.82) is 0 Å². The van der Waals surface area contributed by atoms with Crippen molar-refractivity contribution in [3.8, 4) is 5.75 Å². The minimum absolute atomic E-state index is 0.0974. The van der Waals surface area contributed by atoms with Crippen molar-refractivity contribution >= 4 is 6.03 Å². The van der Waals surface area contributed by atoms with E-state index >= 15 is 0 Å². The molecule has 1 aromatic rings. The molecule has 1 saturated heterocycles. The highest BCUT2D eigenvalue weighted by Gasteiger charge is 2.26. The van der Waals surface area contributed by atoms with Gasteiger partial charge in [-0.05, 0) is 37.3 Å². The third-order valence-electron chi connectivity index (χ3n) is 4.15. The number of aliphatic hydroxyl groups excluding tert-OH is 1. The summed E-state index contributed by atoms with van der Waals surface area (Å²) in [6, 6.07) is 7.79. The maximum Gasteiger partial charge on any atom is 0.317 e. The Morgan fingerprint density at radius 1 is 1.45 bits per heavy atom. The van der Waals surface area contributed by atoms with Gasteiger partial charge >= 0.3 is 6.03 Å². The summed E-state index contributed by atoms with van der Waals surface area (Å²) in [4.78, 5) is 13.8. The van der Waals surface area contributed by atoms with Crippen LogP contribution in [-0.2, 0) is 6.42 Å². The summed E-state index contributed by atoms with van der Waals surface area (Å²) < 4.78 is 5.58. The Balaban J connectivity index is 1.80. The van der Waals surface area contributed by atoms with Gasteiger partial charge in [-0.15, -0.1) is 0 Å². The molecular weight excluding hydrogens is 280 g/mol. The number of piperidine rings is 1. The van der Waals surface area contributed by atoms with Crippen molar-refractivity contribution in [2.75, 3.05) is 26.2 Å². The molecule has 2 rings (SSSR count). The number of likely N-dealkylation sites (tertiary alicyclic amines) is 1. The summed E-state index contributed by atoms with van der Waals surface area (Å²) in [6.07, 6.45) is 1.16. The number of urea groups is 1. The number of carbonyl (C=O) groups excluding carboxylic acids is 1. The molecule has 1 fully saturated rings. The van der Waals surface area contributed by atoms with Gasteiger partial charge in [-0.3, -0.25) is 0 Å². The second kappa shape index (κ2) is 8.03. The lowest BCUT2D eigenvalue weighted by Gasteiger charge is -2.34. The Morgan fingerprint density at radius 2 is 2.23 bits per heavy atom. The molecule has 1 aliphatic heterocycles. The van der Waals surface area contributed by atoms with E-state index in [-0.39, 0.29) is 11.9 Å². The molecule has 1 aromatic carbocycles. The molecule has 0 radical (unpaired) electrons. The van der Waals surface area contributed by atoms with E-state index in [1.165, 1.54) is 0 Å². The van der Waals surface area contributed by atoms with Crippen LogP contribution in [0.5, 0.6) is 5.75 Å². The fourth-order valence-corrected chi connectivity index (χ4v) is 2.66. The van der Waals surface area contributed by atoms with Gasteiger partial charge in [0, 0.05) is 19.6 Å². The zero-order valence-corrected chi connectivity index (χ0v) is 13.4. The number of hydrogen-bond acceptors (Lipinski definition) is 3. The molecule has 2 amide bonds. The minimum Gasteiger partial charge on any atom is -0.494 e. The maximum absolute atomic E-state index is 12.1. The Hall–Kier alpha value is -1.75. The summed E-state index contributed by atoms with van der Waals surface area (Å²) in [5, 5.41) is 12.8. The van der Waals surface area contributed by atoms with Crippen LogP contribution >= 0.6 is 0 Å². The van der Waals surface area contributed by atoms with Crippen LogP contribution in [0.4, 0.5) is 4.79 Å². The zero-order chi connectivity index (χ0) is 15.9. The lowest BCUT2D eigenvalue weighted by molar-refractivity contribution is 0.0436. The van der Waals surface area contributed by atoms with Crippen molar-refractivity contribution in [2.24, 2.45) is 5.92 Å². The monoisotopic (exact) mass is 306 g/mol. The van der Waals surface area contributed by atoms with Crippen LogP contribution in [0.15, 0.2) is 24.3 Å². The summed E-state index contributed by atoms with van der Waals surface area (Å²) >= 11 is 0. The molecule has 5 heteroatoms. The molecule has 0 saturated carbocycles. The number of hydrogen-bond donors (Lipinski definition) is 2. The molecule has 5 nitrogen and oxygen atoms in total. The molecule has 0 bridgehead atoms. The molecule has 1 aliphatic rings. The number of aliphatic hydroxyl groups is 1. The standard InChI is InChI=1S/C17H26N2O3/c1-3-22-16-7-5-4-6-14(16)8-10-18-17(21)19-11-9-13(2)15(20)12-19/h4-7,13,15,20H,3,8-12H2,1-2H3,(H,18,21). The van der Waals surface area contributed by atoms with Gasteiger partial charge in [0.05, 0.1) is 12.7 Å². The van der Waals surface area contributed by atoms with Gasteiger partial charge < -0.3 is 20.1 Å². The van der Waals surface area contributed by atoms with Crippen molar-refractivity contribution < 1.29 is 14.6 Å². The highest BCUT2D eigenvalue weighted by atomic mass is 16.5. The molecule has 2 unspecified atom stereocenters. The first-order chi connectivity index (χ1) is 10.6. The van der Waals surface area contributed by atoms with Crippen LogP contribution in [0, 0.1) is 5.92 Å². The summed E-state index contributed by atoms with van der Waals surface area (Å²) in [5.74, 6) is 1.14. The maximum atomic E-state index is 12.1. The number of amides is 2. The first-order valence-corrected chi connectivity index (χ1v) is 8.03. The quantitative estimate of drug-likeness (QED) is 0.875. The van der Waals surface area contributed by atoms with Gasteiger partial charge in [0.1, 0.15) is 5.75 Å². The van der Waals surface area contributed by atoms with Gasteiger partial charge in [0.2, 0.25) is 0 Å². The van der Waals surface area contributed by atoms with E-state index < -0.39 is 6.10 Å². The van der Waals surface area contributed by atoms with Crippen molar-refractivity contribution in [3.05, 3.63) is 29.8 Å². The van der Waals surface area contributed by atoms with Gasteiger partial charge in [-0.2, -0.15) is 0 Å². The molecule has 2 atom stereocenters. The Bertz CT molecular complexity index is 493. The van der Waals surface area contributed by atoms with Crippen LogP contribution < -0.4 is 10.1 Å². The largest absolute Gasteiger partial charge is 0.494 e. The van der Waals surface area contributed by atoms with E-state index in [9.17, 15) is 9.90 Å². The highest BCUT2D eigenvalue weighted by molar-refractivity contribution is 5.74. The van der Waals surface area contributed by atoms with E-state index in [1.54, 1.807) is 4.90 Å². The van der Waals surface area contributed by atoms with Gasteiger partial charge in [0.25, 0.3) is 0 Å². The number of para-hydroxylation sites is 1.